The zero-order valence-electron chi connectivity index (χ0n) is 9.74. The molecule has 1 aromatic heterocycles. The van der Waals surface area contributed by atoms with E-state index in [2.05, 4.69) is 4.98 Å². The number of nitrogens with two attached hydrogens (primary N) is 1. The molecule has 1 unspecified atom stereocenters. The van der Waals surface area contributed by atoms with Gasteiger partial charge in [0, 0.05) is 23.7 Å². The highest BCUT2D eigenvalue weighted by atomic mass is 35.5. The summed E-state index contributed by atoms with van der Waals surface area (Å²) in [5.74, 6) is -0.901. The standard InChI is InChI=1S/C11H14ClN3O3/c12-4-5-15-10(17)7-3-1-2-6(9(13)16)8(7)14-11(15)18/h6H,1-5H2,(H2,13,16)(H,14,18). The van der Waals surface area contributed by atoms with E-state index in [1.807, 2.05) is 0 Å². The maximum atomic E-state index is 12.1. The minimum atomic E-state index is -0.570. The van der Waals surface area contributed by atoms with E-state index in [-0.39, 0.29) is 18.0 Å². The molecule has 1 atom stereocenters. The summed E-state index contributed by atoms with van der Waals surface area (Å²) in [4.78, 5) is 37.8. The number of rotatable bonds is 3. The molecule has 18 heavy (non-hydrogen) atoms. The number of carbonyl (C=O) groups is 1. The zero-order chi connectivity index (χ0) is 13.3. The highest BCUT2D eigenvalue weighted by molar-refractivity contribution is 6.17. The smallest absolute Gasteiger partial charge is 0.328 e. The van der Waals surface area contributed by atoms with Crippen molar-refractivity contribution in [2.75, 3.05) is 5.88 Å². The Bertz CT molecular complexity index is 590. The number of nitrogens with one attached hydrogen (secondary N) is 1. The number of aromatic amines is 1. The molecule has 0 bridgehead atoms. The first-order chi connectivity index (χ1) is 8.56. The Morgan fingerprint density at radius 2 is 2.22 bits per heavy atom. The van der Waals surface area contributed by atoms with Crippen LogP contribution in [-0.4, -0.2) is 21.3 Å². The number of hydrogen-bond donors (Lipinski definition) is 2. The fraction of sp³-hybridized carbons (Fsp3) is 0.545. The fourth-order valence-corrected chi connectivity index (χ4v) is 2.54. The van der Waals surface area contributed by atoms with Crippen LogP contribution < -0.4 is 17.0 Å². The quantitative estimate of drug-likeness (QED) is 0.737. The molecule has 1 aliphatic rings. The second kappa shape index (κ2) is 4.97. The van der Waals surface area contributed by atoms with Gasteiger partial charge in [0.15, 0.2) is 0 Å². The summed E-state index contributed by atoms with van der Waals surface area (Å²) in [6.07, 6.45) is 1.83. The fourth-order valence-electron chi connectivity index (χ4n) is 2.37. The van der Waals surface area contributed by atoms with Crippen molar-refractivity contribution in [1.82, 2.24) is 9.55 Å². The first kappa shape index (κ1) is 12.9. The van der Waals surface area contributed by atoms with Gasteiger partial charge in [0.05, 0.1) is 5.92 Å². The molecule has 7 heteroatoms. The number of nitrogens with zero attached hydrogens (tertiary/aromatic N) is 1. The van der Waals surface area contributed by atoms with Crippen LogP contribution in [0.15, 0.2) is 9.59 Å². The molecule has 98 valence electrons. The number of fused-ring (bicyclic) bond motifs is 1. The van der Waals surface area contributed by atoms with Crippen molar-refractivity contribution in [2.45, 2.75) is 31.7 Å². The number of aromatic nitrogens is 2. The van der Waals surface area contributed by atoms with Gasteiger partial charge in [-0.1, -0.05) is 0 Å². The summed E-state index contributed by atoms with van der Waals surface area (Å²) in [5, 5.41) is 0. The largest absolute Gasteiger partial charge is 0.369 e. The third kappa shape index (κ3) is 2.08. The van der Waals surface area contributed by atoms with Crippen LogP contribution in [0.3, 0.4) is 0 Å². The summed E-state index contributed by atoms with van der Waals surface area (Å²) in [6, 6.07) is 0. The summed E-state index contributed by atoms with van der Waals surface area (Å²) >= 11 is 5.56. The summed E-state index contributed by atoms with van der Waals surface area (Å²) in [7, 11) is 0. The highest BCUT2D eigenvalue weighted by Crippen LogP contribution is 2.26. The van der Waals surface area contributed by atoms with Crippen molar-refractivity contribution in [3.63, 3.8) is 0 Å². The average Bonchev–Trinajstić information content (AvgIpc) is 2.33. The zero-order valence-corrected chi connectivity index (χ0v) is 10.5. The summed E-state index contributed by atoms with van der Waals surface area (Å²) < 4.78 is 1.06. The highest BCUT2D eigenvalue weighted by Gasteiger charge is 2.28. The van der Waals surface area contributed by atoms with Gasteiger partial charge in [0.2, 0.25) is 5.91 Å². The molecule has 1 amide bonds. The van der Waals surface area contributed by atoms with Gasteiger partial charge >= 0.3 is 5.69 Å². The molecule has 0 fully saturated rings. The Hall–Kier alpha value is -1.56. The summed E-state index contributed by atoms with van der Waals surface area (Å²) in [5.41, 5.74) is 5.26. The molecular weight excluding hydrogens is 258 g/mol. The molecule has 0 saturated carbocycles. The average molecular weight is 272 g/mol. The summed E-state index contributed by atoms with van der Waals surface area (Å²) in [6.45, 7) is 0.157. The number of H-pyrrole nitrogens is 1. The van der Waals surface area contributed by atoms with Crippen molar-refractivity contribution in [3.05, 3.63) is 32.1 Å². The molecule has 1 heterocycles. The molecule has 1 aromatic rings. The van der Waals surface area contributed by atoms with Crippen molar-refractivity contribution in [3.8, 4) is 0 Å². The van der Waals surface area contributed by atoms with E-state index in [1.54, 1.807) is 0 Å². The first-order valence-electron chi connectivity index (χ1n) is 5.77. The van der Waals surface area contributed by atoms with Gasteiger partial charge in [-0.05, 0) is 19.3 Å². The van der Waals surface area contributed by atoms with Crippen LogP contribution in [-0.2, 0) is 17.8 Å². The van der Waals surface area contributed by atoms with Crippen LogP contribution in [0.1, 0.15) is 30.0 Å². The van der Waals surface area contributed by atoms with Gasteiger partial charge in [-0.2, -0.15) is 0 Å². The molecule has 2 rings (SSSR count). The van der Waals surface area contributed by atoms with E-state index in [0.29, 0.717) is 30.5 Å². The number of carbonyl (C=O) groups excluding carboxylic acids is 1. The van der Waals surface area contributed by atoms with Crippen LogP contribution in [0, 0.1) is 0 Å². The normalized spacial score (nSPS) is 18.4. The van der Waals surface area contributed by atoms with Crippen LogP contribution in [0.4, 0.5) is 0 Å². The molecule has 3 N–H and O–H groups in total. The van der Waals surface area contributed by atoms with Gasteiger partial charge in [0.1, 0.15) is 0 Å². The Morgan fingerprint density at radius 3 is 2.83 bits per heavy atom. The molecule has 0 spiro atoms. The number of alkyl halides is 1. The van der Waals surface area contributed by atoms with Gasteiger partial charge < -0.3 is 10.7 Å². The van der Waals surface area contributed by atoms with Gasteiger partial charge in [-0.25, -0.2) is 4.79 Å². The molecule has 0 saturated heterocycles. The molecule has 1 aliphatic carbocycles. The monoisotopic (exact) mass is 271 g/mol. The third-order valence-electron chi connectivity index (χ3n) is 3.23. The first-order valence-corrected chi connectivity index (χ1v) is 6.31. The van der Waals surface area contributed by atoms with Crippen LogP contribution in [0.25, 0.3) is 0 Å². The lowest BCUT2D eigenvalue weighted by atomic mass is 9.87. The van der Waals surface area contributed by atoms with Crippen LogP contribution >= 0.6 is 11.6 Å². The number of halogens is 1. The van der Waals surface area contributed by atoms with Crippen molar-refractivity contribution in [2.24, 2.45) is 5.73 Å². The lowest BCUT2D eigenvalue weighted by Gasteiger charge is -2.22. The van der Waals surface area contributed by atoms with E-state index < -0.39 is 17.5 Å². The van der Waals surface area contributed by atoms with Crippen LogP contribution in [0.5, 0.6) is 0 Å². The van der Waals surface area contributed by atoms with E-state index >= 15 is 0 Å². The van der Waals surface area contributed by atoms with Crippen LogP contribution in [0.2, 0.25) is 0 Å². The van der Waals surface area contributed by atoms with E-state index in [9.17, 15) is 14.4 Å². The molecule has 0 aliphatic heterocycles. The topological polar surface area (TPSA) is 97.9 Å². The number of primary amides is 1. The lowest BCUT2D eigenvalue weighted by Crippen LogP contribution is -2.42. The SMILES string of the molecule is NC(=O)C1CCCc2c1[nH]c(=O)n(CCCl)c2=O. The van der Waals surface area contributed by atoms with Crippen molar-refractivity contribution in [1.29, 1.82) is 0 Å². The number of hydrogen-bond acceptors (Lipinski definition) is 3. The molecule has 0 radical (unpaired) electrons. The number of amides is 1. The lowest BCUT2D eigenvalue weighted by molar-refractivity contribution is -0.119. The minimum Gasteiger partial charge on any atom is -0.369 e. The van der Waals surface area contributed by atoms with Gasteiger partial charge in [0.25, 0.3) is 5.56 Å². The third-order valence-corrected chi connectivity index (χ3v) is 3.40. The maximum Gasteiger partial charge on any atom is 0.328 e. The molecular formula is C11H14ClN3O3. The van der Waals surface area contributed by atoms with Gasteiger partial charge in [-0.3, -0.25) is 14.2 Å². The predicted octanol–water partition coefficient (Wildman–Crippen LogP) is -0.319. The van der Waals surface area contributed by atoms with E-state index in [0.717, 1.165) is 4.57 Å². The Labute approximate surface area is 108 Å². The predicted molar refractivity (Wildman–Crippen MR) is 66.9 cm³/mol. The minimum absolute atomic E-state index is 0.157. The maximum absolute atomic E-state index is 12.1. The van der Waals surface area contributed by atoms with Gasteiger partial charge in [-0.15, -0.1) is 11.6 Å². The Morgan fingerprint density at radius 1 is 1.50 bits per heavy atom. The Kier molecular flexibility index (Phi) is 3.56. The molecule has 6 nitrogen and oxygen atoms in total. The Balaban J connectivity index is 2.63. The van der Waals surface area contributed by atoms with E-state index in [4.69, 9.17) is 17.3 Å². The van der Waals surface area contributed by atoms with Crippen molar-refractivity contribution < 1.29 is 4.79 Å². The molecule has 0 aromatic carbocycles. The second-order valence-electron chi connectivity index (χ2n) is 4.32. The second-order valence-corrected chi connectivity index (χ2v) is 4.69. The van der Waals surface area contributed by atoms with Crippen molar-refractivity contribution >= 4 is 17.5 Å². The van der Waals surface area contributed by atoms with E-state index in [1.165, 1.54) is 0 Å².